The van der Waals surface area contributed by atoms with Gasteiger partial charge in [0.1, 0.15) is 48.0 Å². The lowest BCUT2D eigenvalue weighted by atomic mass is 9.96. The SMILES string of the molecule is [2H]C([2H])([2H])[C@@H](C)CC(NC(=O)[C@@H]1CCCN1C(=O)[C@@H]1CSCCCC(=O)N[C@@H](Cc2ccc(OC)cc2)C(=O)N[C@@H]([C@@H](C)CC)C(=O)N[C@@H](CCC(N)=O)C(=O)N[C@@H](CC(N)=O)C(=O)N1)C(=O)NCC(N)=O. The van der Waals surface area contributed by atoms with Crippen molar-refractivity contribution in [1.82, 2.24) is 42.1 Å². The van der Waals surface area contributed by atoms with Crippen molar-refractivity contribution in [2.45, 2.75) is 134 Å². The molecule has 1 aromatic carbocycles. The van der Waals surface area contributed by atoms with Crippen molar-refractivity contribution in [3.05, 3.63) is 29.8 Å². The van der Waals surface area contributed by atoms with Crippen LogP contribution in [0.15, 0.2) is 24.3 Å². The summed E-state index contributed by atoms with van der Waals surface area (Å²) in [4.78, 5) is 148. The van der Waals surface area contributed by atoms with Gasteiger partial charge in [0.05, 0.1) is 20.1 Å². The van der Waals surface area contributed by atoms with E-state index in [1.54, 1.807) is 38.1 Å². The van der Waals surface area contributed by atoms with Crippen LogP contribution in [0.5, 0.6) is 5.75 Å². The van der Waals surface area contributed by atoms with Gasteiger partial charge in [-0.2, -0.15) is 11.8 Å². The molecule has 69 heavy (non-hydrogen) atoms. The summed E-state index contributed by atoms with van der Waals surface area (Å²) in [7, 11) is 1.49. The number of carbonyl (C=O) groups is 11. The minimum atomic E-state index is -2.53. The lowest BCUT2D eigenvalue weighted by molar-refractivity contribution is -0.142. The van der Waals surface area contributed by atoms with Gasteiger partial charge in [0.15, 0.2) is 0 Å². The molecule has 2 fully saturated rings. The maximum atomic E-state index is 14.5. The van der Waals surface area contributed by atoms with Crippen LogP contribution in [-0.2, 0) is 59.2 Å². The molecule has 382 valence electrons. The third kappa shape index (κ3) is 18.9. The average molecular weight is 991 g/mol. The second-order valence-corrected chi connectivity index (χ2v) is 18.3. The molecule has 0 radical (unpaired) electrons. The molecule has 1 unspecified atom stereocenters. The summed E-state index contributed by atoms with van der Waals surface area (Å²) in [6, 6.07) is -3.24. The molecular formula is C45H69N11O12S. The van der Waals surface area contributed by atoms with Gasteiger partial charge in [-0.3, -0.25) is 52.7 Å². The number of benzene rings is 1. The quantitative estimate of drug-likeness (QED) is 0.0728. The largest absolute Gasteiger partial charge is 0.497 e. The lowest BCUT2D eigenvalue weighted by Crippen LogP contribution is -2.61. The van der Waals surface area contributed by atoms with Gasteiger partial charge < -0.3 is 64.1 Å². The van der Waals surface area contributed by atoms with Crippen LogP contribution in [0, 0.1) is 11.8 Å². The standard InChI is InChI=1S/C45H69N11O12S/c1-6-25(4)38-44(66)51-28(15-16-34(46)57)40(62)52-31(21-35(47)58)41(63)54-32(23-69-18-8-10-37(60)50-30(42(64)55-38)20-26-11-13-27(68-5)14-12-26)45(67)56-17-7-9-33(56)43(65)53-29(19-24(2)3)39(61)49-22-36(48)59/h11-14,24-25,28-33,38H,6-10,15-23H2,1-5H3,(H2,46,57)(H2,47,58)(H2,48,59)(H,49,61)(H,50,60)(H,51,66)(H,52,62)(H,53,65)(H,54,63)(H,55,64)/t25-,28-,29?,30-,31-,32-,33-,38-/m0/s1/i2D3/t24-,25-,28-,29?,30-,31-,32-,33-,38-. The maximum absolute atomic E-state index is 14.5. The van der Waals surface area contributed by atoms with E-state index in [1.165, 1.54) is 14.0 Å². The fourth-order valence-electron chi connectivity index (χ4n) is 7.57. The molecule has 2 saturated heterocycles. The minimum Gasteiger partial charge on any atom is -0.497 e. The number of ether oxygens (including phenoxy) is 1. The number of nitrogens with two attached hydrogens (primary N) is 3. The van der Waals surface area contributed by atoms with Crippen molar-refractivity contribution in [3.63, 3.8) is 0 Å². The molecule has 11 amide bonds. The zero-order valence-corrected chi connectivity index (χ0v) is 40.2. The van der Waals surface area contributed by atoms with Crippen LogP contribution in [-0.4, -0.2) is 144 Å². The van der Waals surface area contributed by atoms with E-state index in [4.69, 9.17) is 26.1 Å². The summed E-state index contributed by atoms with van der Waals surface area (Å²) in [6.45, 7) is 1.64. The van der Waals surface area contributed by atoms with Crippen LogP contribution in [0.25, 0.3) is 0 Å². The normalized spacial score (nSPS) is 24.4. The molecule has 2 aliphatic rings. The molecule has 3 rings (SSSR count). The molecule has 9 atom stereocenters. The number of carbonyl (C=O) groups excluding carboxylic acids is 11. The molecule has 23 nitrogen and oxygen atoms in total. The van der Waals surface area contributed by atoms with Crippen molar-refractivity contribution in [1.29, 1.82) is 0 Å². The zero-order valence-electron chi connectivity index (χ0n) is 42.4. The molecule has 2 aliphatic heterocycles. The van der Waals surface area contributed by atoms with Crippen LogP contribution in [0.4, 0.5) is 0 Å². The van der Waals surface area contributed by atoms with Crippen molar-refractivity contribution < 1.29 is 61.6 Å². The highest BCUT2D eigenvalue weighted by atomic mass is 32.2. The Bertz CT molecular complexity index is 2140. The van der Waals surface area contributed by atoms with E-state index < -0.39 is 152 Å². The Balaban J connectivity index is 2.04. The van der Waals surface area contributed by atoms with Gasteiger partial charge in [-0.1, -0.05) is 46.2 Å². The number of methoxy groups -OCH3 is 1. The van der Waals surface area contributed by atoms with E-state index in [2.05, 4.69) is 37.2 Å². The second kappa shape index (κ2) is 28.1. The molecule has 1 aromatic rings. The summed E-state index contributed by atoms with van der Waals surface area (Å²) in [6.07, 6.45) is -1.19. The molecule has 0 bridgehead atoms. The Morgan fingerprint density at radius 2 is 1.52 bits per heavy atom. The first-order valence-corrected chi connectivity index (χ1v) is 23.9. The third-order valence-electron chi connectivity index (χ3n) is 11.5. The first kappa shape index (κ1) is 51.9. The highest BCUT2D eigenvalue weighted by Gasteiger charge is 2.40. The van der Waals surface area contributed by atoms with Gasteiger partial charge >= 0.3 is 0 Å². The molecule has 13 N–H and O–H groups in total. The Labute approximate surface area is 410 Å². The fraction of sp³-hybridized carbons (Fsp3) is 0.622. The van der Waals surface area contributed by atoms with Gasteiger partial charge in [0.25, 0.3) is 0 Å². The molecular weight excluding hydrogens is 919 g/mol. The van der Waals surface area contributed by atoms with Crippen LogP contribution < -0.4 is 59.2 Å². The van der Waals surface area contributed by atoms with Crippen LogP contribution in [0.3, 0.4) is 0 Å². The highest BCUT2D eigenvalue weighted by Crippen LogP contribution is 2.22. The molecule has 0 aliphatic carbocycles. The van der Waals surface area contributed by atoms with E-state index in [0.717, 1.165) is 16.7 Å². The number of hydrogen-bond acceptors (Lipinski definition) is 13. The van der Waals surface area contributed by atoms with E-state index in [9.17, 15) is 52.7 Å². The molecule has 0 spiro atoms. The Kier molecular flexibility index (Phi) is 21.2. The summed E-state index contributed by atoms with van der Waals surface area (Å²) in [5.41, 5.74) is 16.7. The fourth-order valence-corrected chi connectivity index (χ4v) is 8.54. The summed E-state index contributed by atoms with van der Waals surface area (Å²) in [5.74, 6) is -10.6. The smallest absolute Gasteiger partial charge is 0.246 e. The lowest BCUT2D eigenvalue weighted by Gasteiger charge is -2.31. The van der Waals surface area contributed by atoms with Crippen LogP contribution in [0.1, 0.15) is 95.1 Å². The number of primary amides is 3. The summed E-state index contributed by atoms with van der Waals surface area (Å²) < 4.78 is 28.6. The first-order valence-electron chi connectivity index (χ1n) is 24.3. The van der Waals surface area contributed by atoms with Gasteiger partial charge in [-0.05, 0) is 67.4 Å². The predicted octanol–water partition coefficient (Wildman–Crippen LogP) is -2.50. The highest BCUT2D eigenvalue weighted by molar-refractivity contribution is 7.99. The van der Waals surface area contributed by atoms with Crippen molar-refractivity contribution in [2.75, 3.05) is 31.7 Å². The van der Waals surface area contributed by atoms with Gasteiger partial charge in [-0.25, -0.2) is 0 Å². The maximum Gasteiger partial charge on any atom is 0.246 e. The molecule has 0 saturated carbocycles. The summed E-state index contributed by atoms with van der Waals surface area (Å²) in [5, 5.41) is 17.7. The van der Waals surface area contributed by atoms with Gasteiger partial charge in [0.2, 0.25) is 65.0 Å². The molecule has 24 heteroatoms. The molecule has 2 heterocycles. The third-order valence-corrected chi connectivity index (χ3v) is 12.6. The number of nitrogens with one attached hydrogen (secondary N) is 7. The van der Waals surface area contributed by atoms with Crippen molar-refractivity contribution >= 4 is 76.7 Å². The van der Waals surface area contributed by atoms with Crippen molar-refractivity contribution in [2.24, 2.45) is 29.0 Å². The summed E-state index contributed by atoms with van der Waals surface area (Å²) >= 11 is 1.13. The topological polar surface area (TPSA) is 363 Å². The number of hydrogen-bond donors (Lipinski definition) is 10. The van der Waals surface area contributed by atoms with Crippen LogP contribution in [0.2, 0.25) is 0 Å². The minimum absolute atomic E-state index is 0.000426. The number of amides is 11. The van der Waals surface area contributed by atoms with Gasteiger partial charge in [-0.15, -0.1) is 0 Å². The van der Waals surface area contributed by atoms with E-state index in [1.807, 2.05) is 0 Å². The van der Waals surface area contributed by atoms with E-state index >= 15 is 0 Å². The van der Waals surface area contributed by atoms with E-state index in [-0.39, 0.29) is 56.6 Å². The van der Waals surface area contributed by atoms with E-state index in [0.29, 0.717) is 17.7 Å². The molecule has 0 aromatic heterocycles. The zero-order chi connectivity index (χ0) is 53.9. The van der Waals surface area contributed by atoms with Crippen LogP contribution >= 0.6 is 11.8 Å². The Morgan fingerprint density at radius 1 is 0.855 bits per heavy atom. The number of nitrogens with zero attached hydrogens (tertiary/aromatic N) is 1. The predicted molar refractivity (Wildman–Crippen MR) is 253 cm³/mol. The average Bonchev–Trinajstić information content (AvgIpc) is 3.82. The monoisotopic (exact) mass is 991 g/mol. The Hall–Kier alpha value is -6.46. The first-order chi connectivity index (χ1) is 33.8. The second-order valence-electron chi connectivity index (χ2n) is 17.2. The van der Waals surface area contributed by atoms with Gasteiger partial charge in [0, 0.05) is 35.7 Å². The number of thioether (sulfide) groups is 1. The van der Waals surface area contributed by atoms with Crippen molar-refractivity contribution in [3.8, 4) is 5.75 Å². The Morgan fingerprint density at radius 3 is 2.14 bits per heavy atom. The number of likely N-dealkylation sites (tertiary alicyclic amines) is 1. The number of rotatable bonds is 18.